The Morgan fingerprint density at radius 1 is 1.00 bits per heavy atom. The van der Waals surface area contributed by atoms with Crippen LogP contribution in [0.25, 0.3) is 11.3 Å². The summed E-state index contributed by atoms with van der Waals surface area (Å²) < 4.78 is 0. The lowest BCUT2D eigenvalue weighted by atomic mass is 9.97. The van der Waals surface area contributed by atoms with Crippen molar-refractivity contribution in [3.8, 4) is 11.3 Å². The summed E-state index contributed by atoms with van der Waals surface area (Å²) in [5.74, 6) is 0. The fraction of sp³-hybridized carbons (Fsp3) is 0.375. The average Bonchev–Trinajstić information content (AvgIpc) is 2.72. The van der Waals surface area contributed by atoms with E-state index in [4.69, 9.17) is 0 Å². The summed E-state index contributed by atoms with van der Waals surface area (Å²) in [7, 11) is 0. The minimum absolute atomic E-state index is 1.22. The van der Waals surface area contributed by atoms with Crippen molar-refractivity contribution in [2.45, 2.75) is 39.5 Å². The standard InChI is InChI=1S/C16H19N/c1-11-7-8-14(12(2)9-11)16-10-13-5-3-4-6-15(13)17-16/h7-10,17H,3-6H2,1-2H3. The lowest BCUT2D eigenvalue weighted by Gasteiger charge is -2.09. The highest BCUT2D eigenvalue weighted by Crippen LogP contribution is 2.29. The van der Waals surface area contributed by atoms with Gasteiger partial charge in [0.15, 0.2) is 0 Å². The van der Waals surface area contributed by atoms with E-state index in [1.54, 1.807) is 0 Å². The van der Waals surface area contributed by atoms with Crippen molar-refractivity contribution in [3.05, 3.63) is 46.6 Å². The molecule has 0 saturated heterocycles. The van der Waals surface area contributed by atoms with E-state index in [1.165, 1.54) is 59.3 Å². The number of hydrogen-bond acceptors (Lipinski definition) is 0. The number of aromatic amines is 1. The second-order valence-electron chi connectivity index (χ2n) is 5.21. The quantitative estimate of drug-likeness (QED) is 0.749. The molecule has 2 aromatic rings. The zero-order valence-corrected chi connectivity index (χ0v) is 10.6. The van der Waals surface area contributed by atoms with Crippen LogP contribution in [0.5, 0.6) is 0 Å². The molecule has 0 atom stereocenters. The highest BCUT2D eigenvalue weighted by Gasteiger charge is 2.14. The Kier molecular flexibility index (Phi) is 2.54. The van der Waals surface area contributed by atoms with Crippen LogP contribution in [0, 0.1) is 13.8 Å². The summed E-state index contributed by atoms with van der Waals surface area (Å²) in [4.78, 5) is 3.61. The molecule has 1 aliphatic rings. The largest absolute Gasteiger partial charge is 0.358 e. The van der Waals surface area contributed by atoms with Crippen LogP contribution in [-0.2, 0) is 12.8 Å². The van der Waals surface area contributed by atoms with Gasteiger partial charge in [-0.05, 0) is 56.7 Å². The first-order valence-corrected chi connectivity index (χ1v) is 6.52. The number of nitrogens with one attached hydrogen (secondary N) is 1. The molecular formula is C16H19N. The summed E-state index contributed by atoms with van der Waals surface area (Å²) in [6.07, 6.45) is 5.15. The van der Waals surface area contributed by atoms with Crippen molar-refractivity contribution in [1.82, 2.24) is 4.98 Å². The zero-order chi connectivity index (χ0) is 11.8. The molecule has 0 amide bonds. The van der Waals surface area contributed by atoms with E-state index in [0.29, 0.717) is 0 Å². The number of benzene rings is 1. The molecule has 0 spiro atoms. The molecule has 0 unspecified atom stereocenters. The fourth-order valence-corrected chi connectivity index (χ4v) is 2.86. The second kappa shape index (κ2) is 4.06. The molecule has 1 heterocycles. The Morgan fingerprint density at radius 3 is 2.59 bits per heavy atom. The van der Waals surface area contributed by atoms with Crippen molar-refractivity contribution in [1.29, 1.82) is 0 Å². The van der Waals surface area contributed by atoms with Crippen LogP contribution in [0.2, 0.25) is 0 Å². The van der Waals surface area contributed by atoms with Crippen LogP contribution in [0.1, 0.15) is 35.2 Å². The molecule has 0 radical (unpaired) electrons. The van der Waals surface area contributed by atoms with Crippen molar-refractivity contribution in [3.63, 3.8) is 0 Å². The van der Waals surface area contributed by atoms with Crippen molar-refractivity contribution >= 4 is 0 Å². The van der Waals surface area contributed by atoms with Gasteiger partial charge in [0.25, 0.3) is 0 Å². The van der Waals surface area contributed by atoms with Gasteiger partial charge in [-0.3, -0.25) is 0 Å². The lowest BCUT2D eigenvalue weighted by Crippen LogP contribution is -1.99. The van der Waals surface area contributed by atoms with Gasteiger partial charge in [0.05, 0.1) is 0 Å². The summed E-state index contributed by atoms with van der Waals surface area (Å²) in [5, 5.41) is 0. The van der Waals surface area contributed by atoms with Crippen LogP contribution < -0.4 is 0 Å². The van der Waals surface area contributed by atoms with E-state index in [9.17, 15) is 0 Å². The number of aromatic nitrogens is 1. The lowest BCUT2D eigenvalue weighted by molar-refractivity contribution is 0.677. The molecular weight excluding hydrogens is 206 g/mol. The number of fused-ring (bicyclic) bond motifs is 1. The maximum atomic E-state index is 3.61. The van der Waals surface area contributed by atoms with Crippen LogP contribution in [0.4, 0.5) is 0 Å². The van der Waals surface area contributed by atoms with Crippen molar-refractivity contribution in [2.75, 3.05) is 0 Å². The van der Waals surface area contributed by atoms with E-state index in [0.717, 1.165) is 0 Å². The molecule has 0 fully saturated rings. The molecule has 1 N–H and O–H groups in total. The molecule has 88 valence electrons. The van der Waals surface area contributed by atoms with E-state index < -0.39 is 0 Å². The summed E-state index contributed by atoms with van der Waals surface area (Å²) in [6.45, 7) is 4.35. The van der Waals surface area contributed by atoms with Gasteiger partial charge in [0.1, 0.15) is 0 Å². The number of H-pyrrole nitrogens is 1. The number of rotatable bonds is 1. The van der Waals surface area contributed by atoms with Crippen LogP contribution in [-0.4, -0.2) is 4.98 Å². The topological polar surface area (TPSA) is 15.8 Å². The predicted octanol–water partition coefficient (Wildman–Crippen LogP) is 4.18. The Labute approximate surface area is 103 Å². The average molecular weight is 225 g/mol. The van der Waals surface area contributed by atoms with Gasteiger partial charge >= 0.3 is 0 Å². The molecule has 1 aliphatic carbocycles. The third-order valence-corrected chi connectivity index (χ3v) is 3.79. The highest BCUT2D eigenvalue weighted by molar-refractivity contribution is 5.66. The first kappa shape index (κ1) is 10.6. The zero-order valence-electron chi connectivity index (χ0n) is 10.6. The van der Waals surface area contributed by atoms with E-state index >= 15 is 0 Å². The number of aryl methyl sites for hydroxylation is 4. The molecule has 1 aromatic heterocycles. The Bertz CT molecular complexity index is 525. The molecule has 1 aromatic carbocycles. The van der Waals surface area contributed by atoms with Gasteiger partial charge in [0, 0.05) is 17.0 Å². The van der Waals surface area contributed by atoms with Gasteiger partial charge < -0.3 is 4.98 Å². The van der Waals surface area contributed by atoms with Crippen LogP contribution in [0.15, 0.2) is 24.3 Å². The molecule has 3 rings (SSSR count). The van der Waals surface area contributed by atoms with Gasteiger partial charge in [-0.1, -0.05) is 23.8 Å². The monoisotopic (exact) mass is 225 g/mol. The smallest absolute Gasteiger partial charge is 0.0461 e. The van der Waals surface area contributed by atoms with Crippen molar-refractivity contribution < 1.29 is 0 Å². The SMILES string of the molecule is Cc1ccc(-c2cc3c([nH]2)CCCC3)c(C)c1. The molecule has 17 heavy (non-hydrogen) atoms. The maximum Gasteiger partial charge on any atom is 0.0461 e. The van der Waals surface area contributed by atoms with Gasteiger partial charge in [-0.25, -0.2) is 0 Å². The molecule has 1 nitrogen and oxygen atoms in total. The first-order chi connectivity index (χ1) is 8.24. The minimum Gasteiger partial charge on any atom is -0.358 e. The Balaban J connectivity index is 2.06. The summed E-state index contributed by atoms with van der Waals surface area (Å²) >= 11 is 0. The maximum absolute atomic E-state index is 3.61. The van der Waals surface area contributed by atoms with Gasteiger partial charge in [-0.15, -0.1) is 0 Å². The third-order valence-electron chi connectivity index (χ3n) is 3.79. The van der Waals surface area contributed by atoms with Crippen LogP contribution >= 0.6 is 0 Å². The normalized spacial score (nSPS) is 14.7. The van der Waals surface area contributed by atoms with Gasteiger partial charge in [-0.2, -0.15) is 0 Å². The van der Waals surface area contributed by atoms with Crippen LogP contribution in [0.3, 0.4) is 0 Å². The van der Waals surface area contributed by atoms with E-state index in [2.05, 4.69) is 43.1 Å². The summed E-state index contributed by atoms with van der Waals surface area (Å²) in [5.41, 5.74) is 8.35. The molecule has 0 bridgehead atoms. The minimum atomic E-state index is 1.22. The van der Waals surface area contributed by atoms with E-state index in [1.807, 2.05) is 0 Å². The molecule has 0 aliphatic heterocycles. The molecule has 1 heteroatoms. The van der Waals surface area contributed by atoms with Crippen molar-refractivity contribution in [2.24, 2.45) is 0 Å². The van der Waals surface area contributed by atoms with Gasteiger partial charge in [0.2, 0.25) is 0 Å². The number of hydrogen-bond donors (Lipinski definition) is 1. The third kappa shape index (κ3) is 1.90. The van der Waals surface area contributed by atoms with E-state index in [-0.39, 0.29) is 0 Å². The molecule has 0 saturated carbocycles. The summed E-state index contributed by atoms with van der Waals surface area (Å²) in [6, 6.07) is 9.05. The highest BCUT2D eigenvalue weighted by atomic mass is 14.7. The Morgan fingerprint density at radius 2 is 1.82 bits per heavy atom. The predicted molar refractivity (Wildman–Crippen MR) is 72.3 cm³/mol. The Hall–Kier alpha value is -1.50. The first-order valence-electron chi connectivity index (χ1n) is 6.52. The fourth-order valence-electron chi connectivity index (χ4n) is 2.86. The second-order valence-corrected chi connectivity index (χ2v) is 5.21.